The zero-order chi connectivity index (χ0) is 14.4. The lowest BCUT2D eigenvalue weighted by molar-refractivity contribution is 0.479. The van der Waals surface area contributed by atoms with E-state index >= 15 is 0 Å². The van der Waals surface area contributed by atoms with Crippen molar-refractivity contribution < 1.29 is 5.11 Å². The van der Waals surface area contributed by atoms with Crippen molar-refractivity contribution in [1.82, 2.24) is 4.98 Å². The molecule has 0 aliphatic heterocycles. The highest BCUT2D eigenvalue weighted by Gasteiger charge is 2.18. The summed E-state index contributed by atoms with van der Waals surface area (Å²) >= 11 is 5.24. The third-order valence-electron chi connectivity index (χ3n) is 2.95. The number of pyridine rings is 1. The van der Waals surface area contributed by atoms with Crippen LogP contribution in [0.15, 0.2) is 16.2 Å². The van der Waals surface area contributed by atoms with Gasteiger partial charge in [-0.1, -0.05) is 0 Å². The van der Waals surface area contributed by atoms with Gasteiger partial charge in [0, 0.05) is 15.8 Å². The van der Waals surface area contributed by atoms with Gasteiger partial charge in [0.25, 0.3) is 5.56 Å². The number of aromatic nitrogens is 1. The maximum Gasteiger partial charge on any atom is 0.270 e. The fourth-order valence-electron chi connectivity index (χ4n) is 1.96. The molecule has 0 aliphatic rings. The van der Waals surface area contributed by atoms with Crippen molar-refractivity contribution >= 4 is 55.5 Å². The summed E-state index contributed by atoms with van der Waals surface area (Å²) in [6, 6.07) is 3.80. The van der Waals surface area contributed by atoms with Crippen LogP contribution in [0.25, 0.3) is 20.7 Å². The van der Waals surface area contributed by atoms with Crippen LogP contribution in [0.5, 0.6) is 5.75 Å². The van der Waals surface area contributed by atoms with Crippen LogP contribution < -0.4 is 5.56 Å². The molecule has 3 rings (SSSR count). The van der Waals surface area contributed by atoms with Crippen molar-refractivity contribution in [1.29, 1.82) is 5.26 Å². The number of thiophene rings is 2. The summed E-state index contributed by atoms with van der Waals surface area (Å²) in [5, 5.41) is 21.6. The number of aromatic amines is 1. The topological polar surface area (TPSA) is 76.9 Å². The van der Waals surface area contributed by atoms with Gasteiger partial charge < -0.3 is 10.1 Å². The zero-order valence-corrected chi connectivity index (χ0v) is 13.9. The fourth-order valence-corrected chi connectivity index (χ4v) is 4.78. The maximum absolute atomic E-state index is 11.7. The van der Waals surface area contributed by atoms with E-state index in [1.54, 1.807) is 17.4 Å². The lowest BCUT2D eigenvalue weighted by Crippen LogP contribution is -2.09. The van der Waals surface area contributed by atoms with Crippen LogP contribution in [0.2, 0.25) is 0 Å². The van der Waals surface area contributed by atoms with Gasteiger partial charge in [-0.25, -0.2) is 0 Å². The van der Waals surface area contributed by atoms with Gasteiger partial charge in [0.1, 0.15) is 16.6 Å². The Morgan fingerprint density at radius 2 is 2.25 bits per heavy atom. The molecule has 0 spiro atoms. The zero-order valence-electron chi connectivity index (χ0n) is 10.2. The SMILES string of the molecule is Cc1cc(-c2csc3[nH]c(=O)c(C#N)c(O)c23)sc1I. The molecule has 20 heavy (non-hydrogen) atoms. The van der Waals surface area contributed by atoms with Crippen molar-refractivity contribution in [2.24, 2.45) is 0 Å². The maximum atomic E-state index is 11.7. The van der Waals surface area contributed by atoms with E-state index in [1.165, 1.54) is 19.8 Å². The molecule has 2 N–H and O–H groups in total. The number of halogens is 1. The molecule has 100 valence electrons. The number of nitrogens with zero attached hydrogens (tertiary/aromatic N) is 1. The van der Waals surface area contributed by atoms with Crippen LogP contribution in [0.1, 0.15) is 11.1 Å². The predicted molar refractivity (Wildman–Crippen MR) is 89.6 cm³/mol. The molecule has 0 aromatic carbocycles. The summed E-state index contributed by atoms with van der Waals surface area (Å²) in [7, 11) is 0. The number of fused-ring (bicyclic) bond motifs is 1. The molecule has 4 nitrogen and oxygen atoms in total. The Hall–Kier alpha value is -1.37. The molecule has 3 aromatic rings. The highest BCUT2D eigenvalue weighted by atomic mass is 127. The van der Waals surface area contributed by atoms with E-state index in [-0.39, 0.29) is 11.3 Å². The Morgan fingerprint density at radius 1 is 1.50 bits per heavy atom. The smallest absolute Gasteiger partial charge is 0.270 e. The van der Waals surface area contributed by atoms with Gasteiger partial charge in [0.2, 0.25) is 0 Å². The van der Waals surface area contributed by atoms with Crippen molar-refractivity contribution in [2.45, 2.75) is 6.92 Å². The van der Waals surface area contributed by atoms with E-state index in [0.29, 0.717) is 10.2 Å². The molecule has 0 unspecified atom stereocenters. The lowest BCUT2D eigenvalue weighted by Gasteiger charge is -2.00. The van der Waals surface area contributed by atoms with Crippen LogP contribution in [0, 0.1) is 21.1 Å². The third kappa shape index (κ3) is 1.95. The molecule has 0 bridgehead atoms. The normalized spacial score (nSPS) is 10.8. The summed E-state index contributed by atoms with van der Waals surface area (Å²) in [6.07, 6.45) is 0. The van der Waals surface area contributed by atoms with E-state index in [9.17, 15) is 9.90 Å². The van der Waals surface area contributed by atoms with Gasteiger partial charge in [0.15, 0.2) is 5.56 Å². The molecular weight excluding hydrogens is 407 g/mol. The van der Waals surface area contributed by atoms with Crippen LogP contribution in [0.4, 0.5) is 0 Å². The molecule has 3 heterocycles. The van der Waals surface area contributed by atoms with Gasteiger partial charge in [-0.2, -0.15) is 5.26 Å². The van der Waals surface area contributed by atoms with E-state index in [1.807, 2.05) is 18.4 Å². The van der Waals surface area contributed by atoms with Crippen LogP contribution >= 0.6 is 45.3 Å². The largest absolute Gasteiger partial charge is 0.506 e. The van der Waals surface area contributed by atoms with Gasteiger partial charge in [-0.3, -0.25) is 4.79 Å². The Labute approximate surface area is 135 Å². The van der Waals surface area contributed by atoms with E-state index < -0.39 is 5.56 Å². The first-order chi connectivity index (χ1) is 9.52. The van der Waals surface area contributed by atoms with Crippen LogP contribution in [-0.4, -0.2) is 10.1 Å². The highest BCUT2D eigenvalue weighted by molar-refractivity contribution is 14.1. The van der Waals surface area contributed by atoms with Crippen molar-refractivity contribution in [3.8, 4) is 22.3 Å². The van der Waals surface area contributed by atoms with Crippen LogP contribution in [0.3, 0.4) is 0 Å². The van der Waals surface area contributed by atoms with Crippen molar-refractivity contribution in [2.75, 3.05) is 0 Å². The first-order valence-corrected chi connectivity index (χ1v) is 8.33. The number of H-pyrrole nitrogens is 1. The monoisotopic (exact) mass is 414 g/mol. The standard InChI is InChI=1S/C13H7IN2O2S2/c1-5-2-8(20-11(5)14)7-4-19-13-9(7)10(17)6(3-15)12(18)16-13/h2,4H,1H3,(H2,16,17,18). The second-order valence-corrected chi connectivity index (χ2v) is 7.95. The molecular formula is C13H7IN2O2S2. The molecule has 7 heteroatoms. The second kappa shape index (κ2) is 4.87. The molecule has 0 aliphatic carbocycles. The Morgan fingerprint density at radius 3 is 2.85 bits per heavy atom. The Balaban J connectivity index is 2.39. The van der Waals surface area contributed by atoms with E-state index in [2.05, 4.69) is 27.6 Å². The minimum absolute atomic E-state index is 0.233. The Bertz CT molecular complexity index is 911. The number of hydrogen-bond acceptors (Lipinski definition) is 5. The van der Waals surface area contributed by atoms with Crippen LogP contribution in [-0.2, 0) is 0 Å². The summed E-state index contributed by atoms with van der Waals surface area (Å²) in [4.78, 5) is 15.9. The number of aryl methyl sites for hydroxylation is 1. The first-order valence-electron chi connectivity index (χ1n) is 5.55. The van der Waals surface area contributed by atoms with Crippen molar-refractivity contribution in [3.05, 3.63) is 35.8 Å². The minimum atomic E-state index is -0.553. The third-order valence-corrected chi connectivity index (χ3v) is 6.42. The number of nitriles is 1. The molecule has 0 saturated carbocycles. The number of rotatable bonds is 1. The molecule has 0 fully saturated rings. The minimum Gasteiger partial charge on any atom is -0.506 e. The highest BCUT2D eigenvalue weighted by Crippen LogP contribution is 2.42. The summed E-state index contributed by atoms with van der Waals surface area (Å²) in [5.74, 6) is -0.233. The predicted octanol–water partition coefficient (Wildman–Crippen LogP) is 3.81. The van der Waals surface area contributed by atoms with Crippen molar-refractivity contribution in [3.63, 3.8) is 0 Å². The van der Waals surface area contributed by atoms with E-state index in [4.69, 9.17) is 5.26 Å². The first kappa shape index (κ1) is 13.6. The van der Waals surface area contributed by atoms with Gasteiger partial charge >= 0.3 is 0 Å². The van der Waals surface area contributed by atoms with Gasteiger partial charge in [0.05, 0.1) is 8.27 Å². The van der Waals surface area contributed by atoms with E-state index in [0.717, 1.165) is 10.4 Å². The average Bonchev–Trinajstić information content (AvgIpc) is 2.94. The number of aromatic hydroxyl groups is 1. The Kier molecular flexibility index (Phi) is 3.32. The molecule has 0 radical (unpaired) electrons. The average molecular weight is 414 g/mol. The quantitative estimate of drug-likeness (QED) is 0.595. The number of nitrogens with one attached hydrogen (secondary N) is 1. The molecule has 3 aromatic heterocycles. The summed E-state index contributed by atoms with van der Waals surface area (Å²) in [6.45, 7) is 2.03. The van der Waals surface area contributed by atoms with Gasteiger partial charge in [-0.15, -0.1) is 22.7 Å². The molecule has 0 saturated heterocycles. The summed E-state index contributed by atoms with van der Waals surface area (Å²) < 4.78 is 1.18. The molecule has 0 atom stereocenters. The second-order valence-electron chi connectivity index (χ2n) is 4.21. The fraction of sp³-hybridized carbons (Fsp3) is 0.0769. The number of hydrogen-bond donors (Lipinski definition) is 2. The molecule has 0 amide bonds. The summed E-state index contributed by atoms with van der Waals surface area (Å²) in [5.41, 5.74) is 1.24. The van der Waals surface area contributed by atoms with Gasteiger partial charge in [-0.05, 0) is 41.1 Å². The lowest BCUT2D eigenvalue weighted by atomic mass is 10.1.